The summed E-state index contributed by atoms with van der Waals surface area (Å²) in [6.45, 7) is 0. The van der Waals surface area contributed by atoms with Gasteiger partial charge >= 0.3 is 0 Å². The van der Waals surface area contributed by atoms with Crippen LogP contribution in [0.4, 0.5) is 0 Å². The predicted molar refractivity (Wildman–Crippen MR) is 71.7 cm³/mol. The molecule has 0 heterocycles. The van der Waals surface area contributed by atoms with Crippen molar-refractivity contribution in [2.45, 2.75) is 70.6 Å². The van der Waals surface area contributed by atoms with E-state index in [0.717, 1.165) is 17.8 Å². The van der Waals surface area contributed by atoms with Crippen molar-refractivity contribution >= 4 is 0 Å². The van der Waals surface area contributed by atoms with E-state index in [0.29, 0.717) is 0 Å². The molecule has 4 saturated carbocycles. The molecule has 96 valence electrons. The van der Waals surface area contributed by atoms with Crippen LogP contribution in [0, 0.1) is 35.5 Å². The van der Waals surface area contributed by atoms with Crippen LogP contribution in [-0.4, -0.2) is 0 Å². The Kier molecular flexibility index (Phi) is 2.74. The van der Waals surface area contributed by atoms with Crippen molar-refractivity contribution in [2.75, 3.05) is 0 Å². The minimum absolute atomic E-state index is 1.13. The van der Waals surface area contributed by atoms with Gasteiger partial charge in [0, 0.05) is 0 Å². The third-order valence-electron chi connectivity index (χ3n) is 6.98. The molecule has 4 fully saturated rings. The van der Waals surface area contributed by atoms with Gasteiger partial charge in [0.15, 0.2) is 0 Å². The number of hydrogen-bond acceptors (Lipinski definition) is 0. The fraction of sp³-hybridized carbons (Fsp3) is 1.00. The molecule has 0 aromatic heterocycles. The fourth-order valence-electron chi connectivity index (χ4n) is 5.95. The zero-order valence-corrected chi connectivity index (χ0v) is 11.2. The molecule has 0 N–H and O–H groups in total. The third kappa shape index (κ3) is 1.87. The van der Waals surface area contributed by atoms with Gasteiger partial charge in [0.2, 0.25) is 0 Å². The number of rotatable bonds is 0. The smallest absolute Gasteiger partial charge is 0.0352 e. The molecule has 0 radical (unpaired) electrons. The van der Waals surface area contributed by atoms with E-state index in [1.807, 2.05) is 0 Å². The van der Waals surface area contributed by atoms with Crippen LogP contribution in [0.15, 0.2) is 0 Å². The molecule has 6 unspecified atom stereocenters. The normalized spacial score (nSPS) is 53.6. The molecule has 0 aromatic carbocycles. The Balaban J connectivity index is 1.53. The van der Waals surface area contributed by atoms with Gasteiger partial charge in [-0.3, -0.25) is 0 Å². The van der Waals surface area contributed by atoms with E-state index in [4.69, 9.17) is 0 Å². The lowest BCUT2D eigenvalue weighted by atomic mass is 9.53. The van der Waals surface area contributed by atoms with Gasteiger partial charge in [-0.15, -0.1) is 0 Å². The molecule has 0 amide bonds. The van der Waals surface area contributed by atoms with Crippen molar-refractivity contribution in [3.63, 3.8) is 0 Å². The Morgan fingerprint density at radius 2 is 1.18 bits per heavy atom. The second-order valence-electron chi connectivity index (χ2n) is 7.71. The van der Waals surface area contributed by atoms with E-state index in [9.17, 15) is 0 Å². The summed E-state index contributed by atoms with van der Waals surface area (Å²) in [6, 6.07) is 0. The van der Waals surface area contributed by atoms with Crippen LogP contribution in [0.1, 0.15) is 70.6 Å². The van der Waals surface area contributed by atoms with Crippen molar-refractivity contribution in [3.05, 3.63) is 0 Å². The molecule has 0 aliphatic heterocycles. The zero-order chi connectivity index (χ0) is 11.2. The van der Waals surface area contributed by atoms with Crippen LogP contribution in [0.3, 0.4) is 0 Å². The summed E-state index contributed by atoms with van der Waals surface area (Å²) in [5.74, 6) is 6.96. The zero-order valence-electron chi connectivity index (χ0n) is 11.2. The molecular weight excluding hydrogens is 204 g/mol. The predicted octanol–water partition coefficient (Wildman–Crippen LogP) is 5.03. The van der Waals surface area contributed by atoms with Gasteiger partial charge < -0.3 is 0 Å². The topological polar surface area (TPSA) is 0 Å². The summed E-state index contributed by atoms with van der Waals surface area (Å²) in [5, 5.41) is 0. The first-order valence-corrected chi connectivity index (χ1v) is 8.40. The summed E-state index contributed by atoms with van der Waals surface area (Å²) >= 11 is 0. The quantitative estimate of drug-likeness (QED) is 0.549. The van der Waals surface area contributed by atoms with Gasteiger partial charge in [-0.2, -0.15) is 0 Å². The third-order valence-corrected chi connectivity index (χ3v) is 6.98. The van der Waals surface area contributed by atoms with Crippen LogP contribution < -0.4 is 0 Å². The molecule has 17 heavy (non-hydrogen) atoms. The van der Waals surface area contributed by atoms with Crippen molar-refractivity contribution in [2.24, 2.45) is 35.5 Å². The maximum absolute atomic E-state index is 1.64. The maximum Gasteiger partial charge on any atom is -0.0352 e. The molecule has 0 heteroatoms. The van der Waals surface area contributed by atoms with E-state index < -0.39 is 0 Å². The molecule has 4 aliphatic rings. The summed E-state index contributed by atoms with van der Waals surface area (Å²) in [7, 11) is 0. The van der Waals surface area contributed by atoms with Gasteiger partial charge in [0.05, 0.1) is 0 Å². The van der Waals surface area contributed by atoms with E-state index in [-0.39, 0.29) is 0 Å². The average molecular weight is 232 g/mol. The lowest BCUT2D eigenvalue weighted by molar-refractivity contribution is -0.0216. The molecule has 2 bridgehead atoms. The van der Waals surface area contributed by atoms with Crippen molar-refractivity contribution in [3.8, 4) is 0 Å². The first-order valence-electron chi connectivity index (χ1n) is 8.40. The van der Waals surface area contributed by atoms with Crippen molar-refractivity contribution < 1.29 is 0 Å². The summed E-state index contributed by atoms with van der Waals surface area (Å²) in [5.41, 5.74) is 0. The van der Waals surface area contributed by atoms with Gasteiger partial charge in [0.25, 0.3) is 0 Å². The monoisotopic (exact) mass is 232 g/mol. The summed E-state index contributed by atoms with van der Waals surface area (Å²) in [4.78, 5) is 0. The van der Waals surface area contributed by atoms with E-state index >= 15 is 0 Å². The minimum Gasteiger partial charge on any atom is -0.0528 e. The van der Waals surface area contributed by atoms with E-state index in [1.165, 1.54) is 17.8 Å². The van der Waals surface area contributed by atoms with Crippen molar-refractivity contribution in [1.82, 2.24) is 0 Å². The SMILES string of the molecule is C1CC2CCC3CCC4CCC4C3CC(C1)C2. The average Bonchev–Trinajstić information content (AvgIpc) is 2.29. The van der Waals surface area contributed by atoms with Gasteiger partial charge in [-0.1, -0.05) is 25.7 Å². The Hall–Kier alpha value is 0. The van der Waals surface area contributed by atoms with Gasteiger partial charge in [-0.25, -0.2) is 0 Å². The molecule has 4 aliphatic carbocycles. The highest BCUT2D eigenvalue weighted by molar-refractivity contribution is 4.95. The lowest BCUT2D eigenvalue weighted by Gasteiger charge is -2.52. The fourth-order valence-corrected chi connectivity index (χ4v) is 5.95. The van der Waals surface area contributed by atoms with Crippen molar-refractivity contribution in [1.29, 1.82) is 0 Å². The Bertz CT molecular complexity index is 282. The van der Waals surface area contributed by atoms with Crippen LogP contribution >= 0.6 is 0 Å². The van der Waals surface area contributed by atoms with Gasteiger partial charge in [-0.05, 0) is 80.5 Å². The molecular formula is C17H28. The highest BCUT2D eigenvalue weighted by Gasteiger charge is 2.45. The molecule has 0 nitrogen and oxygen atoms in total. The highest BCUT2D eigenvalue weighted by atomic mass is 14.5. The van der Waals surface area contributed by atoms with Gasteiger partial charge in [0.1, 0.15) is 0 Å². The summed E-state index contributed by atoms with van der Waals surface area (Å²) in [6.07, 6.45) is 17.5. The van der Waals surface area contributed by atoms with Crippen LogP contribution in [0.2, 0.25) is 0 Å². The molecule has 0 spiro atoms. The van der Waals surface area contributed by atoms with Crippen LogP contribution in [0.5, 0.6) is 0 Å². The minimum atomic E-state index is 1.13. The number of fused-ring (bicyclic) bond motifs is 5. The van der Waals surface area contributed by atoms with E-state index in [2.05, 4.69) is 0 Å². The molecule has 4 rings (SSSR count). The Morgan fingerprint density at radius 3 is 2.00 bits per heavy atom. The second-order valence-corrected chi connectivity index (χ2v) is 7.71. The molecule has 0 saturated heterocycles. The summed E-state index contributed by atoms with van der Waals surface area (Å²) < 4.78 is 0. The molecule has 6 atom stereocenters. The standard InChI is InChI=1S/C17H28/c1-2-12-4-5-15-7-6-14-8-9-16(14)17(15)11-13(3-1)10-12/h12-17H,1-11H2. The Labute approximate surface area is 107 Å². The first-order chi connectivity index (χ1) is 8.40. The second kappa shape index (κ2) is 4.28. The van der Waals surface area contributed by atoms with E-state index in [1.54, 1.807) is 70.6 Å². The highest BCUT2D eigenvalue weighted by Crippen LogP contribution is 2.55. The maximum atomic E-state index is 1.64. The van der Waals surface area contributed by atoms with Crippen LogP contribution in [0.25, 0.3) is 0 Å². The first kappa shape index (κ1) is 10.9. The Morgan fingerprint density at radius 1 is 0.471 bits per heavy atom. The largest absolute Gasteiger partial charge is 0.0528 e. The number of hydrogen-bond donors (Lipinski definition) is 0. The lowest BCUT2D eigenvalue weighted by Crippen LogP contribution is -2.43. The van der Waals surface area contributed by atoms with Crippen LogP contribution in [-0.2, 0) is 0 Å². The molecule has 0 aromatic rings.